The van der Waals surface area contributed by atoms with Crippen molar-refractivity contribution in [3.8, 4) is 11.5 Å². The third-order valence-corrected chi connectivity index (χ3v) is 4.05. The lowest BCUT2D eigenvalue weighted by Crippen LogP contribution is -2.44. The number of urea groups is 1. The molecule has 3 amide bonds. The summed E-state index contributed by atoms with van der Waals surface area (Å²) in [4.78, 5) is 25.5. The SMILES string of the molecule is C[C@H](CN1CCCC1=O)NC(=O)Nc1ccc2c(c1)OCCCO2. The van der Waals surface area contributed by atoms with Crippen LogP contribution in [-0.2, 0) is 4.79 Å². The van der Waals surface area contributed by atoms with Gasteiger partial charge in [0.1, 0.15) is 0 Å². The van der Waals surface area contributed by atoms with Gasteiger partial charge in [-0.25, -0.2) is 4.79 Å². The summed E-state index contributed by atoms with van der Waals surface area (Å²) in [6.45, 7) is 4.43. The van der Waals surface area contributed by atoms with Gasteiger partial charge in [-0.2, -0.15) is 0 Å². The molecular weight excluding hydrogens is 310 g/mol. The molecule has 1 aromatic rings. The Morgan fingerprint density at radius 3 is 2.79 bits per heavy atom. The van der Waals surface area contributed by atoms with Crippen molar-refractivity contribution >= 4 is 17.6 Å². The first kappa shape index (κ1) is 16.4. The second-order valence-corrected chi connectivity index (χ2v) is 6.15. The van der Waals surface area contributed by atoms with Crippen LogP contribution in [0.15, 0.2) is 18.2 Å². The van der Waals surface area contributed by atoms with E-state index in [2.05, 4.69) is 10.6 Å². The quantitative estimate of drug-likeness (QED) is 0.883. The van der Waals surface area contributed by atoms with Crippen molar-refractivity contribution in [2.45, 2.75) is 32.2 Å². The average Bonchev–Trinajstić information content (AvgIpc) is 2.81. The monoisotopic (exact) mass is 333 g/mol. The molecule has 7 heteroatoms. The molecule has 2 heterocycles. The van der Waals surface area contributed by atoms with Crippen molar-refractivity contribution in [1.82, 2.24) is 10.2 Å². The van der Waals surface area contributed by atoms with Gasteiger partial charge in [0.15, 0.2) is 11.5 Å². The molecule has 7 nitrogen and oxygen atoms in total. The zero-order valence-electron chi connectivity index (χ0n) is 13.8. The highest BCUT2D eigenvalue weighted by Crippen LogP contribution is 2.32. The molecule has 0 unspecified atom stereocenters. The van der Waals surface area contributed by atoms with Gasteiger partial charge >= 0.3 is 6.03 Å². The minimum absolute atomic E-state index is 0.118. The van der Waals surface area contributed by atoms with Gasteiger partial charge in [-0.15, -0.1) is 0 Å². The number of benzene rings is 1. The zero-order chi connectivity index (χ0) is 16.9. The van der Waals surface area contributed by atoms with E-state index < -0.39 is 0 Å². The van der Waals surface area contributed by atoms with E-state index in [9.17, 15) is 9.59 Å². The van der Waals surface area contributed by atoms with Crippen molar-refractivity contribution < 1.29 is 19.1 Å². The number of likely N-dealkylation sites (tertiary alicyclic amines) is 1. The third-order valence-electron chi connectivity index (χ3n) is 4.05. The van der Waals surface area contributed by atoms with Crippen LogP contribution in [0.5, 0.6) is 11.5 Å². The van der Waals surface area contributed by atoms with Gasteiger partial charge in [-0.1, -0.05) is 0 Å². The highest BCUT2D eigenvalue weighted by molar-refractivity contribution is 5.90. The molecule has 2 N–H and O–H groups in total. The molecule has 3 rings (SSSR count). The van der Waals surface area contributed by atoms with E-state index in [4.69, 9.17) is 9.47 Å². The van der Waals surface area contributed by atoms with E-state index >= 15 is 0 Å². The molecule has 0 radical (unpaired) electrons. The van der Waals surface area contributed by atoms with E-state index in [1.165, 1.54) is 0 Å². The second kappa shape index (κ2) is 7.42. The third kappa shape index (κ3) is 4.10. The lowest BCUT2D eigenvalue weighted by Gasteiger charge is -2.22. The standard InChI is InChI=1S/C17H23N3O4/c1-12(11-20-7-2-4-16(20)21)18-17(22)19-13-5-6-14-15(10-13)24-9-3-8-23-14/h5-6,10,12H,2-4,7-9,11H2,1H3,(H2,18,19,22)/t12-/m1/s1. The van der Waals surface area contributed by atoms with Crippen LogP contribution in [0, 0.1) is 0 Å². The number of hydrogen-bond donors (Lipinski definition) is 2. The predicted molar refractivity (Wildman–Crippen MR) is 89.5 cm³/mol. The fraction of sp³-hybridized carbons (Fsp3) is 0.529. The van der Waals surface area contributed by atoms with Crippen LogP contribution in [0.3, 0.4) is 0 Å². The fourth-order valence-corrected chi connectivity index (χ4v) is 2.91. The molecule has 0 aromatic heterocycles. The largest absolute Gasteiger partial charge is 0.490 e. The molecule has 2 aliphatic rings. The van der Waals surface area contributed by atoms with Crippen molar-refractivity contribution in [2.24, 2.45) is 0 Å². The molecular formula is C17H23N3O4. The van der Waals surface area contributed by atoms with Gasteiger partial charge in [0, 0.05) is 43.7 Å². The summed E-state index contributed by atoms with van der Waals surface area (Å²) in [6, 6.07) is 4.91. The number of carbonyl (C=O) groups is 2. The van der Waals surface area contributed by atoms with Crippen LogP contribution in [-0.4, -0.2) is 49.2 Å². The number of nitrogens with one attached hydrogen (secondary N) is 2. The number of amides is 3. The smallest absolute Gasteiger partial charge is 0.319 e. The summed E-state index contributed by atoms with van der Waals surface area (Å²) in [7, 11) is 0. The molecule has 0 spiro atoms. The first-order valence-electron chi connectivity index (χ1n) is 8.37. The van der Waals surface area contributed by atoms with E-state index in [0.29, 0.717) is 43.4 Å². The van der Waals surface area contributed by atoms with E-state index in [-0.39, 0.29) is 18.0 Å². The first-order chi connectivity index (χ1) is 11.6. The Kier molecular flexibility index (Phi) is 5.08. The number of ether oxygens (including phenoxy) is 2. The number of nitrogens with zero attached hydrogens (tertiary/aromatic N) is 1. The highest BCUT2D eigenvalue weighted by atomic mass is 16.5. The molecule has 1 atom stereocenters. The fourth-order valence-electron chi connectivity index (χ4n) is 2.91. The Labute approximate surface area is 141 Å². The number of anilines is 1. The van der Waals surface area contributed by atoms with Gasteiger partial charge in [0.05, 0.1) is 13.2 Å². The molecule has 130 valence electrons. The number of rotatable bonds is 4. The minimum atomic E-state index is -0.302. The number of hydrogen-bond acceptors (Lipinski definition) is 4. The average molecular weight is 333 g/mol. The molecule has 2 aliphatic heterocycles. The predicted octanol–water partition coefficient (Wildman–Crippen LogP) is 1.98. The van der Waals surface area contributed by atoms with Crippen LogP contribution in [0.2, 0.25) is 0 Å². The van der Waals surface area contributed by atoms with E-state index in [1.54, 1.807) is 23.1 Å². The van der Waals surface area contributed by atoms with Crippen molar-refractivity contribution in [2.75, 3.05) is 31.6 Å². The lowest BCUT2D eigenvalue weighted by molar-refractivity contribution is -0.127. The summed E-state index contributed by atoms with van der Waals surface area (Å²) in [5.41, 5.74) is 0.640. The highest BCUT2D eigenvalue weighted by Gasteiger charge is 2.22. The summed E-state index contributed by atoms with van der Waals surface area (Å²) < 4.78 is 11.2. The van der Waals surface area contributed by atoms with Crippen LogP contribution in [0.25, 0.3) is 0 Å². The number of fused-ring (bicyclic) bond motifs is 1. The first-order valence-corrected chi connectivity index (χ1v) is 8.37. The maximum atomic E-state index is 12.1. The van der Waals surface area contributed by atoms with Crippen LogP contribution >= 0.6 is 0 Å². The Morgan fingerprint density at radius 2 is 2.04 bits per heavy atom. The summed E-state index contributed by atoms with van der Waals surface area (Å²) in [5, 5.41) is 5.64. The van der Waals surface area contributed by atoms with Crippen LogP contribution in [0.4, 0.5) is 10.5 Å². The summed E-state index contributed by atoms with van der Waals surface area (Å²) in [5.74, 6) is 1.49. The molecule has 1 aromatic carbocycles. The number of carbonyl (C=O) groups excluding carboxylic acids is 2. The van der Waals surface area contributed by atoms with Crippen molar-refractivity contribution in [3.63, 3.8) is 0 Å². The topological polar surface area (TPSA) is 79.9 Å². The molecule has 0 bridgehead atoms. The summed E-state index contributed by atoms with van der Waals surface area (Å²) in [6.07, 6.45) is 2.34. The van der Waals surface area contributed by atoms with Gasteiger partial charge < -0.3 is 25.0 Å². The normalized spacial score (nSPS) is 18.0. The molecule has 24 heavy (non-hydrogen) atoms. The maximum Gasteiger partial charge on any atom is 0.319 e. The van der Waals surface area contributed by atoms with Gasteiger partial charge in [0.2, 0.25) is 5.91 Å². The van der Waals surface area contributed by atoms with Crippen LogP contribution < -0.4 is 20.1 Å². The zero-order valence-corrected chi connectivity index (χ0v) is 13.8. The van der Waals surface area contributed by atoms with Gasteiger partial charge in [0.25, 0.3) is 0 Å². The Bertz CT molecular complexity index is 620. The lowest BCUT2D eigenvalue weighted by atomic mass is 10.2. The van der Waals surface area contributed by atoms with Gasteiger partial charge in [-0.05, 0) is 25.5 Å². The van der Waals surface area contributed by atoms with Crippen LogP contribution in [0.1, 0.15) is 26.2 Å². The van der Waals surface area contributed by atoms with E-state index in [0.717, 1.165) is 19.4 Å². The second-order valence-electron chi connectivity index (χ2n) is 6.15. The Hall–Kier alpha value is -2.44. The molecule has 1 fully saturated rings. The Morgan fingerprint density at radius 1 is 1.25 bits per heavy atom. The van der Waals surface area contributed by atoms with Crippen molar-refractivity contribution in [1.29, 1.82) is 0 Å². The molecule has 0 aliphatic carbocycles. The van der Waals surface area contributed by atoms with Crippen molar-refractivity contribution in [3.05, 3.63) is 18.2 Å². The minimum Gasteiger partial charge on any atom is -0.490 e. The molecule has 1 saturated heterocycles. The van der Waals surface area contributed by atoms with Gasteiger partial charge in [-0.3, -0.25) is 4.79 Å². The molecule has 0 saturated carbocycles. The van der Waals surface area contributed by atoms with E-state index in [1.807, 2.05) is 6.92 Å². The Balaban J connectivity index is 1.52. The summed E-state index contributed by atoms with van der Waals surface area (Å²) >= 11 is 0. The maximum absolute atomic E-state index is 12.1.